The van der Waals surface area contributed by atoms with Crippen LogP contribution in [0.25, 0.3) is 0 Å². The molecule has 1 fully saturated rings. The lowest BCUT2D eigenvalue weighted by Gasteiger charge is -1.84. The van der Waals surface area contributed by atoms with Gasteiger partial charge in [0.2, 0.25) is 0 Å². The third-order valence-corrected chi connectivity index (χ3v) is 2.12. The van der Waals surface area contributed by atoms with E-state index < -0.39 is 0 Å². The van der Waals surface area contributed by atoms with Crippen LogP contribution in [-0.4, -0.2) is 0 Å². The minimum Gasteiger partial charge on any atom is -0.0885 e. The zero-order valence-electron chi connectivity index (χ0n) is 6.43. The predicted molar refractivity (Wildman–Crippen MR) is 41.3 cm³/mol. The van der Waals surface area contributed by atoms with E-state index in [0.717, 1.165) is 11.8 Å². The molecule has 1 aliphatic carbocycles. The Morgan fingerprint density at radius 1 is 1.44 bits per heavy atom. The number of hydrogen-bond donors (Lipinski definition) is 0. The molecule has 1 rings (SSSR count). The molecule has 0 aliphatic heterocycles. The van der Waals surface area contributed by atoms with Gasteiger partial charge in [-0.05, 0) is 24.7 Å². The molecule has 0 radical (unpaired) electrons. The van der Waals surface area contributed by atoms with Gasteiger partial charge in [-0.3, -0.25) is 0 Å². The molecule has 0 nitrogen and oxygen atoms in total. The highest BCUT2D eigenvalue weighted by Gasteiger charge is 2.32. The van der Waals surface area contributed by atoms with Crippen molar-refractivity contribution in [3.05, 3.63) is 12.2 Å². The maximum absolute atomic E-state index is 2.38. The molecule has 0 N–H and O–H groups in total. The van der Waals surface area contributed by atoms with Gasteiger partial charge in [0, 0.05) is 0 Å². The molecule has 1 aliphatic rings. The van der Waals surface area contributed by atoms with Gasteiger partial charge < -0.3 is 0 Å². The van der Waals surface area contributed by atoms with Gasteiger partial charge in [-0.15, -0.1) is 0 Å². The van der Waals surface area contributed by atoms with Crippen molar-refractivity contribution < 1.29 is 0 Å². The Hall–Kier alpha value is -0.260. The molecule has 0 amide bonds. The fraction of sp³-hybridized carbons (Fsp3) is 0.778. The normalized spacial score (nSPS) is 33.6. The fourth-order valence-electron chi connectivity index (χ4n) is 1.29. The quantitative estimate of drug-likeness (QED) is 0.507. The Morgan fingerprint density at radius 2 is 2.22 bits per heavy atom. The first-order valence-corrected chi connectivity index (χ1v) is 4.05. The second kappa shape index (κ2) is 3.05. The number of rotatable bonds is 3. The van der Waals surface area contributed by atoms with E-state index in [2.05, 4.69) is 26.0 Å². The molecular formula is C9H16. The first-order valence-electron chi connectivity index (χ1n) is 4.05. The van der Waals surface area contributed by atoms with E-state index in [4.69, 9.17) is 0 Å². The monoisotopic (exact) mass is 124 g/mol. The minimum atomic E-state index is 0.954. The van der Waals surface area contributed by atoms with Crippen molar-refractivity contribution in [2.45, 2.75) is 33.1 Å². The summed E-state index contributed by atoms with van der Waals surface area (Å²) in [7, 11) is 0. The van der Waals surface area contributed by atoms with Crippen LogP contribution in [0.2, 0.25) is 0 Å². The number of allylic oxidation sites excluding steroid dienone is 2. The van der Waals surface area contributed by atoms with Crippen molar-refractivity contribution >= 4 is 0 Å². The first-order chi connectivity index (χ1) is 4.38. The van der Waals surface area contributed by atoms with Crippen LogP contribution in [0.4, 0.5) is 0 Å². The van der Waals surface area contributed by atoms with E-state index >= 15 is 0 Å². The zero-order valence-corrected chi connectivity index (χ0v) is 6.43. The lowest BCUT2D eigenvalue weighted by Crippen LogP contribution is -1.72. The summed E-state index contributed by atoms with van der Waals surface area (Å²) in [5.41, 5.74) is 0. The van der Waals surface area contributed by atoms with Gasteiger partial charge in [-0.1, -0.05) is 32.4 Å². The zero-order chi connectivity index (χ0) is 6.69. The van der Waals surface area contributed by atoms with Gasteiger partial charge in [0.15, 0.2) is 0 Å². The van der Waals surface area contributed by atoms with Crippen LogP contribution in [-0.2, 0) is 0 Å². The van der Waals surface area contributed by atoms with Gasteiger partial charge in [0.1, 0.15) is 0 Å². The van der Waals surface area contributed by atoms with Crippen LogP contribution >= 0.6 is 0 Å². The largest absolute Gasteiger partial charge is 0.0885 e. The van der Waals surface area contributed by atoms with Gasteiger partial charge in [0.05, 0.1) is 0 Å². The molecule has 0 aromatic rings. The molecule has 0 aromatic carbocycles. The highest BCUT2D eigenvalue weighted by Crippen LogP contribution is 2.41. The SMILES string of the molecule is CCC=CC1CC1CC. The smallest absolute Gasteiger partial charge is 0.0202 e. The second-order valence-corrected chi connectivity index (χ2v) is 2.90. The fourth-order valence-corrected chi connectivity index (χ4v) is 1.29. The summed E-state index contributed by atoms with van der Waals surface area (Å²) >= 11 is 0. The molecule has 9 heavy (non-hydrogen) atoms. The van der Waals surface area contributed by atoms with Gasteiger partial charge >= 0.3 is 0 Å². The summed E-state index contributed by atoms with van der Waals surface area (Å²) in [4.78, 5) is 0. The maximum Gasteiger partial charge on any atom is -0.0202 e. The third-order valence-electron chi connectivity index (χ3n) is 2.12. The predicted octanol–water partition coefficient (Wildman–Crippen LogP) is 3.00. The molecule has 0 aromatic heterocycles. The van der Waals surface area contributed by atoms with Crippen LogP contribution in [0.3, 0.4) is 0 Å². The van der Waals surface area contributed by atoms with Crippen LogP contribution in [0.1, 0.15) is 33.1 Å². The van der Waals surface area contributed by atoms with E-state index in [1.807, 2.05) is 0 Å². The Balaban J connectivity index is 2.11. The topological polar surface area (TPSA) is 0 Å². The van der Waals surface area contributed by atoms with Gasteiger partial charge in [-0.2, -0.15) is 0 Å². The molecule has 0 saturated heterocycles. The third kappa shape index (κ3) is 1.85. The van der Waals surface area contributed by atoms with Crippen LogP contribution in [0.15, 0.2) is 12.2 Å². The average Bonchev–Trinajstić information content (AvgIpc) is 2.62. The van der Waals surface area contributed by atoms with Crippen LogP contribution < -0.4 is 0 Å². The highest BCUT2D eigenvalue weighted by atomic mass is 14.4. The standard InChI is InChI=1S/C9H16/c1-3-5-6-9-7-8(9)4-2/h5-6,8-9H,3-4,7H2,1-2H3. The molecule has 52 valence electrons. The molecular weight excluding hydrogens is 108 g/mol. The molecule has 1 saturated carbocycles. The van der Waals surface area contributed by atoms with Crippen molar-refractivity contribution in [3.63, 3.8) is 0 Å². The number of hydrogen-bond acceptors (Lipinski definition) is 0. The van der Waals surface area contributed by atoms with Gasteiger partial charge in [-0.25, -0.2) is 0 Å². The van der Waals surface area contributed by atoms with E-state index in [0.29, 0.717) is 0 Å². The Labute approximate surface area is 58.0 Å². The summed E-state index contributed by atoms with van der Waals surface area (Å²) in [6.07, 6.45) is 8.70. The highest BCUT2D eigenvalue weighted by molar-refractivity contribution is 5.00. The summed E-state index contributed by atoms with van der Waals surface area (Å²) in [5.74, 6) is 1.99. The molecule has 0 spiro atoms. The minimum absolute atomic E-state index is 0.954. The maximum atomic E-state index is 2.38. The Morgan fingerprint density at radius 3 is 2.67 bits per heavy atom. The van der Waals surface area contributed by atoms with Crippen molar-refractivity contribution in [1.29, 1.82) is 0 Å². The van der Waals surface area contributed by atoms with E-state index in [1.54, 1.807) is 0 Å². The van der Waals surface area contributed by atoms with E-state index in [1.165, 1.54) is 19.3 Å². The Kier molecular flexibility index (Phi) is 2.32. The summed E-state index contributed by atoms with van der Waals surface area (Å²) in [6.45, 7) is 4.48. The van der Waals surface area contributed by atoms with Crippen molar-refractivity contribution in [2.75, 3.05) is 0 Å². The van der Waals surface area contributed by atoms with Crippen LogP contribution in [0, 0.1) is 11.8 Å². The average molecular weight is 124 g/mol. The van der Waals surface area contributed by atoms with Crippen LogP contribution in [0.5, 0.6) is 0 Å². The molecule has 2 unspecified atom stereocenters. The molecule has 0 bridgehead atoms. The Bertz CT molecular complexity index is 103. The van der Waals surface area contributed by atoms with Crippen molar-refractivity contribution in [2.24, 2.45) is 11.8 Å². The van der Waals surface area contributed by atoms with Crippen molar-refractivity contribution in [1.82, 2.24) is 0 Å². The first kappa shape index (κ1) is 6.85. The molecule has 0 heterocycles. The summed E-state index contributed by atoms with van der Waals surface area (Å²) in [5, 5.41) is 0. The lowest BCUT2D eigenvalue weighted by atomic mass is 10.2. The summed E-state index contributed by atoms with van der Waals surface area (Å²) in [6, 6.07) is 0. The summed E-state index contributed by atoms with van der Waals surface area (Å²) < 4.78 is 0. The molecule has 0 heteroatoms. The second-order valence-electron chi connectivity index (χ2n) is 2.90. The van der Waals surface area contributed by atoms with Gasteiger partial charge in [0.25, 0.3) is 0 Å². The molecule has 2 atom stereocenters. The lowest BCUT2D eigenvalue weighted by molar-refractivity contribution is 0.754. The van der Waals surface area contributed by atoms with E-state index in [-0.39, 0.29) is 0 Å². The van der Waals surface area contributed by atoms with E-state index in [9.17, 15) is 0 Å². The van der Waals surface area contributed by atoms with Crippen molar-refractivity contribution in [3.8, 4) is 0 Å².